The number of aromatic nitrogens is 2. The summed E-state index contributed by atoms with van der Waals surface area (Å²) in [5, 5.41) is 0. The van der Waals surface area contributed by atoms with Gasteiger partial charge in [-0.05, 0) is 31.2 Å². The Labute approximate surface area is 151 Å². The molecule has 0 aromatic carbocycles. The zero-order chi connectivity index (χ0) is 19.9. The molecule has 0 unspecified atom stereocenters. The van der Waals surface area contributed by atoms with E-state index in [0.29, 0.717) is 11.4 Å². The minimum Gasteiger partial charge on any atom is -0.257 e. The minimum absolute atomic E-state index is 0.00373. The van der Waals surface area contributed by atoms with Gasteiger partial charge in [-0.1, -0.05) is 34.6 Å². The van der Waals surface area contributed by atoms with E-state index >= 15 is 0 Å². The van der Waals surface area contributed by atoms with Gasteiger partial charge in [0.25, 0.3) is 0 Å². The van der Waals surface area contributed by atoms with Crippen molar-refractivity contribution in [3.63, 3.8) is 0 Å². The van der Waals surface area contributed by atoms with Gasteiger partial charge in [0.05, 0.1) is 17.0 Å². The van der Waals surface area contributed by atoms with E-state index in [1.54, 1.807) is 33.8 Å². The molecule has 0 bridgehead atoms. The standard InChI is InChI=1S/C20H24F4N2/c1-12-7-10-15(21)17(25-12)19(5,6)11-13-8-9-14(20(22,23)24)16(26-13)18(2,3)4/h7-10H,11H2,1-6H3. The largest absolute Gasteiger partial charge is 0.418 e. The molecule has 26 heavy (non-hydrogen) atoms. The van der Waals surface area contributed by atoms with Crippen LogP contribution in [0.3, 0.4) is 0 Å². The van der Waals surface area contributed by atoms with Crippen molar-refractivity contribution >= 4 is 0 Å². The third-order valence-electron chi connectivity index (χ3n) is 4.22. The molecule has 0 N–H and O–H groups in total. The van der Waals surface area contributed by atoms with E-state index in [1.165, 1.54) is 12.1 Å². The predicted octanol–water partition coefficient (Wildman–Crippen LogP) is 5.76. The van der Waals surface area contributed by atoms with E-state index in [-0.39, 0.29) is 17.8 Å². The lowest BCUT2D eigenvalue weighted by atomic mass is 9.82. The molecule has 0 saturated heterocycles. The van der Waals surface area contributed by atoms with Crippen molar-refractivity contribution in [1.82, 2.24) is 9.97 Å². The Kier molecular flexibility index (Phi) is 5.19. The van der Waals surface area contributed by atoms with Crippen LogP contribution >= 0.6 is 0 Å². The van der Waals surface area contributed by atoms with Crippen molar-refractivity contribution in [2.45, 2.75) is 65.0 Å². The van der Waals surface area contributed by atoms with E-state index in [9.17, 15) is 17.6 Å². The molecule has 2 nitrogen and oxygen atoms in total. The highest BCUT2D eigenvalue weighted by Crippen LogP contribution is 2.37. The van der Waals surface area contributed by atoms with Crippen LogP contribution in [-0.4, -0.2) is 9.97 Å². The van der Waals surface area contributed by atoms with E-state index in [4.69, 9.17) is 0 Å². The molecular formula is C20H24F4N2. The van der Waals surface area contributed by atoms with E-state index in [0.717, 1.165) is 6.07 Å². The average Bonchev–Trinajstić information content (AvgIpc) is 2.47. The summed E-state index contributed by atoms with van der Waals surface area (Å²) >= 11 is 0. The summed E-state index contributed by atoms with van der Waals surface area (Å²) in [7, 11) is 0. The average molecular weight is 368 g/mol. The maximum atomic E-state index is 14.2. The van der Waals surface area contributed by atoms with Gasteiger partial charge in [0.15, 0.2) is 0 Å². The summed E-state index contributed by atoms with van der Waals surface area (Å²) in [6.45, 7) is 10.5. The number of hydrogen-bond acceptors (Lipinski definition) is 2. The van der Waals surface area contributed by atoms with Crippen molar-refractivity contribution in [3.8, 4) is 0 Å². The van der Waals surface area contributed by atoms with Crippen LogP contribution in [0.5, 0.6) is 0 Å². The minimum atomic E-state index is -4.46. The van der Waals surface area contributed by atoms with Crippen LogP contribution < -0.4 is 0 Å². The Balaban J connectivity index is 2.48. The van der Waals surface area contributed by atoms with Crippen molar-refractivity contribution in [2.24, 2.45) is 0 Å². The molecule has 142 valence electrons. The third kappa shape index (κ3) is 4.40. The van der Waals surface area contributed by atoms with Gasteiger partial charge >= 0.3 is 6.18 Å². The summed E-state index contributed by atoms with van der Waals surface area (Å²) in [6, 6.07) is 5.38. The van der Waals surface area contributed by atoms with Gasteiger partial charge in [0.1, 0.15) is 5.82 Å². The monoisotopic (exact) mass is 368 g/mol. The van der Waals surface area contributed by atoms with Crippen LogP contribution in [0.15, 0.2) is 24.3 Å². The Morgan fingerprint density at radius 3 is 2.00 bits per heavy atom. The number of aryl methyl sites for hydroxylation is 1. The fourth-order valence-corrected chi connectivity index (χ4v) is 2.95. The molecule has 0 saturated carbocycles. The molecule has 2 rings (SSSR count). The zero-order valence-electron chi connectivity index (χ0n) is 15.9. The summed E-state index contributed by atoms with van der Waals surface area (Å²) in [4.78, 5) is 8.59. The molecule has 2 aromatic heterocycles. The maximum Gasteiger partial charge on any atom is 0.418 e. The SMILES string of the molecule is Cc1ccc(F)c(C(C)(C)Cc2ccc(C(F)(F)F)c(C(C)(C)C)n2)n1. The summed E-state index contributed by atoms with van der Waals surface area (Å²) < 4.78 is 54.2. The molecular weight excluding hydrogens is 344 g/mol. The van der Waals surface area contributed by atoms with Crippen LogP contribution in [0.1, 0.15) is 63.0 Å². The zero-order valence-corrected chi connectivity index (χ0v) is 15.9. The lowest BCUT2D eigenvalue weighted by Gasteiger charge is -2.27. The fraction of sp³-hybridized carbons (Fsp3) is 0.500. The van der Waals surface area contributed by atoms with Crippen molar-refractivity contribution in [2.75, 3.05) is 0 Å². The van der Waals surface area contributed by atoms with Crippen LogP contribution in [0.2, 0.25) is 0 Å². The predicted molar refractivity (Wildman–Crippen MR) is 93.6 cm³/mol. The molecule has 0 atom stereocenters. The highest BCUT2D eigenvalue weighted by atomic mass is 19.4. The number of rotatable bonds is 3. The van der Waals surface area contributed by atoms with Crippen molar-refractivity contribution in [3.05, 3.63) is 58.4 Å². The van der Waals surface area contributed by atoms with Crippen molar-refractivity contribution in [1.29, 1.82) is 0 Å². The first kappa shape index (κ1) is 20.3. The normalized spacial score (nSPS) is 13.2. The van der Waals surface area contributed by atoms with Gasteiger partial charge in [-0.25, -0.2) is 4.39 Å². The third-order valence-corrected chi connectivity index (χ3v) is 4.22. The highest BCUT2D eigenvalue weighted by Gasteiger charge is 2.38. The van der Waals surface area contributed by atoms with Crippen molar-refractivity contribution < 1.29 is 17.6 Å². The molecule has 0 fully saturated rings. The number of pyridine rings is 2. The Morgan fingerprint density at radius 2 is 1.46 bits per heavy atom. The number of nitrogens with zero attached hydrogens (tertiary/aromatic N) is 2. The molecule has 0 spiro atoms. The van der Waals surface area contributed by atoms with Gasteiger partial charge in [-0.2, -0.15) is 13.2 Å². The van der Waals surface area contributed by atoms with Gasteiger partial charge in [0.2, 0.25) is 0 Å². The van der Waals surface area contributed by atoms with Gasteiger partial charge in [-0.15, -0.1) is 0 Å². The fourth-order valence-electron chi connectivity index (χ4n) is 2.95. The Hall–Kier alpha value is -1.98. The molecule has 6 heteroatoms. The Morgan fingerprint density at radius 1 is 0.846 bits per heavy atom. The maximum absolute atomic E-state index is 14.2. The first-order chi connectivity index (χ1) is 11.7. The number of hydrogen-bond donors (Lipinski definition) is 0. The second-order valence-corrected chi connectivity index (χ2v) is 8.29. The summed E-state index contributed by atoms with van der Waals surface area (Å²) in [6.07, 6.45) is -4.19. The highest BCUT2D eigenvalue weighted by molar-refractivity contribution is 5.32. The first-order valence-electron chi connectivity index (χ1n) is 8.43. The van der Waals surface area contributed by atoms with Crippen LogP contribution in [0, 0.1) is 12.7 Å². The summed E-state index contributed by atoms with van der Waals surface area (Å²) in [5.41, 5.74) is -0.754. The van der Waals surface area contributed by atoms with Gasteiger partial charge in [-0.3, -0.25) is 9.97 Å². The second kappa shape index (κ2) is 6.63. The second-order valence-electron chi connectivity index (χ2n) is 8.29. The van der Waals surface area contributed by atoms with Crippen LogP contribution in [0.4, 0.5) is 17.6 Å². The lowest BCUT2D eigenvalue weighted by molar-refractivity contribution is -0.139. The number of alkyl halides is 3. The van der Waals surface area contributed by atoms with Gasteiger partial charge < -0.3 is 0 Å². The van der Waals surface area contributed by atoms with Crippen LogP contribution in [0.25, 0.3) is 0 Å². The van der Waals surface area contributed by atoms with Crippen LogP contribution in [-0.2, 0) is 23.4 Å². The molecule has 0 aliphatic heterocycles. The molecule has 0 amide bonds. The van der Waals surface area contributed by atoms with E-state index in [1.807, 2.05) is 13.8 Å². The molecule has 0 aliphatic carbocycles. The first-order valence-corrected chi connectivity index (χ1v) is 8.43. The number of halogens is 4. The smallest absolute Gasteiger partial charge is 0.257 e. The quantitative estimate of drug-likeness (QED) is 0.644. The van der Waals surface area contributed by atoms with E-state index in [2.05, 4.69) is 9.97 Å². The Bertz CT molecular complexity index is 802. The molecule has 2 aromatic rings. The molecule has 0 radical (unpaired) electrons. The summed E-state index contributed by atoms with van der Waals surface area (Å²) in [5.74, 6) is -0.427. The lowest BCUT2D eigenvalue weighted by Crippen LogP contribution is -2.27. The van der Waals surface area contributed by atoms with E-state index < -0.39 is 28.4 Å². The van der Waals surface area contributed by atoms with Gasteiger partial charge in [0, 0.05) is 28.6 Å². The molecule has 0 aliphatic rings. The molecule has 2 heterocycles. The topological polar surface area (TPSA) is 25.8 Å².